The predicted octanol–water partition coefficient (Wildman–Crippen LogP) is 9.13. The monoisotopic (exact) mass is 547 g/mol. The largest absolute Gasteiger partial charge is 0.551 e. The fourth-order valence-corrected chi connectivity index (χ4v) is 6.71. The summed E-state index contributed by atoms with van der Waals surface area (Å²) in [6.45, 7) is 13.4. The number of benzene rings is 5. The maximum absolute atomic E-state index is 6.94. The van der Waals surface area contributed by atoms with Crippen LogP contribution in [0.15, 0.2) is 101 Å². The van der Waals surface area contributed by atoms with Gasteiger partial charge >= 0.3 is 6.92 Å². The molecule has 2 aliphatic heterocycles. The molecule has 0 spiro atoms. The first-order valence-electron chi connectivity index (χ1n) is 14.9. The minimum Gasteiger partial charge on any atom is -0.551 e. The number of fused-ring (bicyclic) bond motifs is 8. The molecule has 1 aromatic heterocycles. The lowest BCUT2D eigenvalue weighted by molar-refractivity contribution is 0.584. The topological polar surface area (TPSA) is 25.6 Å². The highest BCUT2D eigenvalue weighted by Crippen LogP contribution is 2.48. The fraction of sp³-hybridized carbons (Fsp3) is 0.211. The van der Waals surface area contributed by atoms with Gasteiger partial charge in [-0.3, -0.25) is 0 Å². The van der Waals surface area contributed by atoms with Crippen molar-refractivity contribution in [2.75, 3.05) is 4.90 Å². The SMILES string of the molecule is CC(C)(C)c1ccc(N2c3ccc(C(C)(C)C)cc3B3Oc4ccccc4-c4c3c2cc2c4oc3ccccc32)cc1. The second-order valence-electron chi connectivity index (χ2n) is 13.8. The van der Waals surface area contributed by atoms with Gasteiger partial charge in [0.1, 0.15) is 16.9 Å². The van der Waals surface area contributed by atoms with Crippen molar-refractivity contribution in [2.45, 2.75) is 52.4 Å². The smallest absolute Gasteiger partial charge is 0.431 e. The van der Waals surface area contributed by atoms with Gasteiger partial charge in [0, 0.05) is 44.4 Å². The Hall–Kier alpha value is -4.44. The molecule has 0 saturated heterocycles. The summed E-state index contributed by atoms with van der Waals surface area (Å²) in [6.07, 6.45) is 0. The Balaban J connectivity index is 1.50. The lowest BCUT2D eigenvalue weighted by Gasteiger charge is -2.40. The minimum atomic E-state index is -0.245. The van der Waals surface area contributed by atoms with E-state index in [9.17, 15) is 0 Å². The van der Waals surface area contributed by atoms with Crippen LogP contribution in [0.4, 0.5) is 17.1 Å². The Bertz CT molecular complexity index is 2040. The maximum Gasteiger partial charge on any atom is 0.431 e. The van der Waals surface area contributed by atoms with E-state index in [1.165, 1.54) is 22.1 Å². The average Bonchev–Trinajstić information content (AvgIpc) is 3.34. The van der Waals surface area contributed by atoms with Crippen LogP contribution in [0.1, 0.15) is 52.7 Å². The summed E-state index contributed by atoms with van der Waals surface area (Å²) < 4.78 is 13.6. The van der Waals surface area contributed by atoms with Gasteiger partial charge in [0.2, 0.25) is 0 Å². The lowest BCUT2D eigenvalue weighted by atomic mass is 9.49. The van der Waals surface area contributed by atoms with E-state index in [2.05, 4.69) is 137 Å². The van der Waals surface area contributed by atoms with Gasteiger partial charge in [-0.25, -0.2) is 0 Å². The first kappa shape index (κ1) is 25.3. The summed E-state index contributed by atoms with van der Waals surface area (Å²) in [7, 11) is 0. The number of hydrogen-bond acceptors (Lipinski definition) is 3. The number of anilines is 3. The van der Waals surface area contributed by atoms with Gasteiger partial charge in [-0.15, -0.1) is 0 Å². The Morgan fingerprint density at radius 3 is 2.10 bits per heavy atom. The summed E-state index contributed by atoms with van der Waals surface area (Å²) in [6, 6.07) is 35.1. The quantitative estimate of drug-likeness (QED) is 0.192. The molecule has 42 heavy (non-hydrogen) atoms. The van der Waals surface area contributed by atoms with Gasteiger partial charge in [-0.1, -0.05) is 102 Å². The third-order valence-electron chi connectivity index (χ3n) is 9.00. The molecular weight excluding hydrogens is 513 g/mol. The summed E-state index contributed by atoms with van der Waals surface area (Å²) >= 11 is 0. The van der Waals surface area contributed by atoms with Crippen LogP contribution in [-0.4, -0.2) is 6.92 Å². The summed E-state index contributed by atoms with van der Waals surface area (Å²) in [4.78, 5) is 2.43. The molecule has 0 amide bonds. The molecule has 0 radical (unpaired) electrons. The highest BCUT2D eigenvalue weighted by molar-refractivity contribution is 6.86. The van der Waals surface area contributed by atoms with Crippen molar-refractivity contribution in [2.24, 2.45) is 0 Å². The Labute approximate surface area is 247 Å². The second-order valence-corrected chi connectivity index (χ2v) is 13.8. The van der Waals surface area contributed by atoms with Crippen molar-refractivity contribution in [3.63, 3.8) is 0 Å². The van der Waals surface area contributed by atoms with Crippen molar-refractivity contribution >= 4 is 56.8 Å². The minimum absolute atomic E-state index is 0.00654. The van der Waals surface area contributed by atoms with Crippen LogP contribution in [0.2, 0.25) is 0 Å². The molecular formula is C38H34BNO2. The molecule has 3 nitrogen and oxygen atoms in total. The van der Waals surface area contributed by atoms with E-state index in [0.29, 0.717) is 0 Å². The Kier molecular flexibility index (Phi) is 5.15. The van der Waals surface area contributed by atoms with Gasteiger partial charge < -0.3 is 14.0 Å². The first-order valence-corrected chi connectivity index (χ1v) is 14.9. The maximum atomic E-state index is 6.94. The zero-order valence-corrected chi connectivity index (χ0v) is 25.1. The first-order chi connectivity index (χ1) is 20.1. The molecule has 0 atom stereocenters. The average molecular weight is 548 g/mol. The Morgan fingerprint density at radius 1 is 0.643 bits per heavy atom. The molecule has 0 saturated carbocycles. The number of furan rings is 1. The van der Waals surface area contributed by atoms with E-state index in [-0.39, 0.29) is 17.7 Å². The van der Waals surface area contributed by atoms with E-state index in [0.717, 1.165) is 55.9 Å². The lowest BCUT2D eigenvalue weighted by Crippen LogP contribution is -2.56. The molecule has 0 aliphatic carbocycles. The second kappa shape index (κ2) is 8.55. The summed E-state index contributed by atoms with van der Waals surface area (Å²) in [5.41, 5.74) is 12.5. The fourth-order valence-electron chi connectivity index (χ4n) is 6.71. The van der Waals surface area contributed by atoms with Crippen molar-refractivity contribution in [1.29, 1.82) is 0 Å². The van der Waals surface area contributed by atoms with Crippen LogP contribution in [0, 0.1) is 0 Å². The van der Waals surface area contributed by atoms with E-state index in [1.807, 2.05) is 6.07 Å². The molecule has 2 aliphatic rings. The van der Waals surface area contributed by atoms with Crippen LogP contribution in [-0.2, 0) is 10.8 Å². The predicted molar refractivity (Wildman–Crippen MR) is 177 cm³/mol. The highest BCUT2D eigenvalue weighted by atomic mass is 16.4. The number of para-hydroxylation sites is 2. The molecule has 8 rings (SSSR count). The standard InChI is InChI=1S/C38H34BNO2/c1-37(2,3)23-15-18-25(19-16-23)40-30-20-17-24(38(4,5)6)21-29(30)39-35-31(40)22-28-26-11-7-9-13-32(26)41-36(28)34(35)27-12-8-10-14-33(27)42-39/h7-22H,1-6H3. The van der Waals surface area contributed by atoms with Crippen LogP contribution >= 0.6 is 0 Å². The van der Waals surface area contributed by atoms with Crippen molar-refractivity contribution in [1.82, 2.24) is 0 Å². The molecule has 5 aromatic carbocycles. The van der Waals surface area contributed by atoms with E-state index >= 15 is 0 Å². The number of hydrogen-bond donors (Lipinski definition) is 0. The third-order valence-corrected chi connectivity index (χ3v) is 9.00. The van der Waals surface area contributed by atoms with E-state index < -0.39 is 0 Å². The highest BCUT2D eigenvalue weighted by Gasteiger charge is 2.44. The zero-order valence-electron chi connectivity index (χ0n) is 25.1. The van der Waals surface area contributed by atoms with Gasteiger partial charge in [0.05, 0.1) is 0 Å². The van der Waals surface area contributed by atoms with Crippen LogP contribution < -0.4 is 20.5 Å². The molecule has 0 N–H and O–H groups in total. The number of rotatable bonds is 1. The van der Waals surface area contributed by atoms with Gasteiger partial charge in [-0.2, -0.15) is 0 Å². The van der Waals surface area contributed by atoms with E-state index in [1.54, 1.807) is 0 Å². The van der Waals surface area contributed by atoms with Crippen LogP contribution in [0.5, 0.6) is 5.75 Å². The van der Waals surface area contributed by atoms with Gasteiger partial charge in [0.25, 0.3) is 0 Å². The molecule has 0 bridgehead atoms. The Morgan fingerprint density at radius 2 is 1.33 bits per heavy atom. The molecule has 3 heterocycles. The summed E-state index contributed by atoms with van der Waals surface area (Å²) in [5.74, 6) is 0.893. The summed E-state index contributed by atoms with van der Waals surface area (Å²) in [5, 5.41) is 2.25. The van der Waals surface area contributed by atoms with Crippen molar-refractivity contribution in [3.8, 4) is 16.9 Å². The zero-order chi connectivity index (χ0) is 29.0. The normalized spacial score (nSPS) is 14.0. The van der Waals surface area contributed by atoms with Gasteiger partial charge in [-0.05, 0) is 63.8 Å². The van der Waals surface area contributed by atoms with E-state index in [4.69, 9.17) is 9.07 Å². The molecule has 4 heteroatoms. The van der Waals surface area contributed by atoms with Crippen molar-refractivity contribution < 1.29 is 9.07 Å². The third kappa shape index (κ3) is 3.61. The molecule has 0 unspecified atom stereocenters. The van der Waals surface area contributed by atoms with Crippen molar-refractivity contribution in [3.05, 3.63) is 108 Å². The van der Waals surface area contributed by atoms with Gasteiger partial charge in [0.15, 0.2) is 0 Å². The number of nitrogens with zero attached hydrogens (tertiary/aromatic N) is 1. The molecule has 6 aromatic rings. The van der Waals surface area contributed by atoms with Crippen LogP contribution in [0.25, 0.3) is 33.1 Å². The molecule has 0 fully saturated rings. The van der Waals surface area contributed by atoms with Crippen LogP contribution in [0.3, 0.4) is 0 Å². The molecule has 206 valence electrons.